The molecule has 1 heterocycles. The molecule has 5 heteroatoms. The highest BCUT2D eigenvalue weighted by molar-refractivity contribution is 9.10. The molecule has 0 aromatic carbocycles. The van der Waals surface area contributed by atoms with E-state index in [0.717, 1.165) is 30.2 Å². The van der Waals surface area contributed by atoms with E-state index in [4.69, 9.17) is 0 Å². The first kappa shape index (κ1) is 14.5. The highest BCUT2D eigenvalue weighted by atomic mass is 79.9. The summed E-state index contributed by atoms with van der Waals surface area (Å²) in [5.41, 5.74) is 0.408. The van der Waals surface area contributed by atoms with Gasteiger partial charge in [0.15, 0.2) is 0 Å². The molecule has 0 saturated heterocycles. The molecule has 1 aliphatic carbocycles. The molecule has 1 saturated carbocycles. The van der Waals surface area contributed by atoms with Crippen LogP contribution in [0.3, 0.4) is 0 Å². The van der Waals surface area contributed by atoms with E-state index < -0.39 is 0 Å². The normalized spacial score (nSPS) is 18.0. The predicted octanol–water partition coefficient (Wildman–Crippen LogP) is 2.52. The second-order valence-corrected chi connectivity index (χ2v) is 6.21. The Morgan fingerprint density at radius 2 is 2.11 bits per heavy atom. The summed E-state index contributed by atoms with van der Waals surface area (Å²) in [7, 11) is 0. The van der Waals surface area contributed by atoms with Crippen LogP contribution in [-0.2, 0) is 0 Å². The maximum atomic E-state index is 12.0. The Kier molecular flexibility index (Phi) is 4.93. The number of pyridine rings is 1. The van der Waals surface area contributed by atoms with Crippen molar-refractivity contribution in [2.45, 2.75) is 32.1 Å². The highest BCUT2D eigenvalue weighted by Crippen LogP contribution is 2.35. The first-order chi connectivity index (χ1) is 9.15. The fourth-order valence-electron chi connectivity index (χ4n) is 2.60. The molecule has 2 N–H and O–H groups in total. The van der Waals surface area contributed by atoms with Gasteiger partial charge >= 0.3 is 0 Å². The molecule has 0 atom stereocenters. The van der Waals surface area contributed by atoms with Gasteiger partial charge in [0.1, 0.15) is 0 Å². The average molecular weight is 327 g/mol. The minimum atomic E-state index is -0.132. The van der Waals surface area contributed by atoms with Crippen LogP contribution in [0.25, 0.3) is 0 Å². The molecule has 0 unspecified atom stereocenters. The van der Waals surface area contributed by atoms with Crippen LogP contribution in [0.15, 0.2) is 22.9 Å². The zero-order valence-electron chi connectivity index (χ0n) is 10.9. The summed E-state index contributed by atoms with van der Waals surface area (Å²) in [6, 6.07) is 1.74. The summed E-state index contributed by atoms with van der Waals surface area (Å²) >= 11 is 3.30. The van der Waals surface area contributed by atoms with Crippen molar-refractivity contribution in [2.75, 3.05) is 13.2 Å². The molecule has 1 aromatic rings. The molecule has 104 valence electrons. The molecule has 0 spiro atoms. The molecule has 2 rings (SSSR count). The van der Waals surface area contributed by atoms with Crippen LogP contribution in [0.2, 0.25) is 0 Å². The van der Waals surface area contributed by atoms with Crippen LogP contribution in [0.1, 0.15) is 42.5 Å². The van der Waals surface area contributed by atoms with Gasteiger partial charge in [-0.25, -0.2) is 0 Å². The summed E-state index contributed by atoms with van der Waals surface area (Å²) in [4.78, 5) is 16.0. The minimum Gasteiger partial charge on any atom is -0.396 e. The van der Waals surface area contributed by atoms with E-state index in [1.165, 1.54) is 6.42 Å². The summed E-state index contributed by atoms with van der Waals surface area (Å²) < 4.78 is 0.787. The number of carbonyl (C=O) groups excluding carboxylic acids is 1. The number of nitrogens with zero attached hydrogens (tertiary/aromatic N) is 1. The third kappa shape index (κ3) is 3.76. The SMILES string of the molecule is O=C(NCC1(CO)CCCCC1)c1cncc(Br)c1. The van der Waals surface area contributed by atoms with E-state index in [9.17, 15) is 9.90 Å². The number of aromatic nitrogens is 1. The Morgan fingerprint density at radius 3 is 2.74 bits per heavy atom. The topological polar surface area (TPSA) is 62.2 Å². The molecule has 19 heavy (non-hydrogen) atoms. The second-order valence-electron chi connectivity index (χ2n) is 5.29. The third-order valence-electron chi connectivity index (χ3n) is 3.84. The molecular formula is C14H19BrN2O2. The molecule has 1 aromatic heterocycles. The summed E-state index contributed by atoms with van der Waals surface area (Å²) in [5, 5.41) is 12.5. The summed E-state index contributed by atoms with van der Waals surface area (Å²) in [5.74, 6) is -0.132. The van der Waals surface area contributed by atoms with Crippen molar-refractivity contribution in [3.05, 3.63) is 28.5 Å². The second kappa shape index (κ2) is 6.48. The van der Waals surface area contributed by atoms with Gasteiger partial charge in [0, 0.05) is 28.8 Å². The van der Waals surface area contributed by atoms with E-state index in [-0.39, 0.29) is 17.9 Å². The van der Waals surface area contributed by atoms with Crippen molar-refractivity contribution in [1.29, 1.82) is 0 Å². The van der Waals surface area contributed by atoms with E-state index in [1.807, 2.05) is 0 Å². The van der Waals surface area contributed by atoms with Gasteiger partial charge in [0.2, 0.25) is 0 Å². The van der Waals surface area contributed by atoms with Crippen molar-refractivity contribution in [3.63, 3.8) is 0 Å². The Balaban J connectivity index is 1.95. The van der Waals surface area contributed by atoms with Crippen molar-refractivity contribution >= 4 is 21.8 Å². The quantitative estimate of drug-likeness (QED) is 0.893. The van der Waals surface area contributed by atoms with Crippen LogP contribution in [-0.4, -0.2) is 29.1 Å². The van der Waals surface area contributed by atoms with Crippen molar-refractivity contribution in [1.82, 2.24) is 10.3 Å². The number of rotatable bonds is 4. The monoisotopic (exact) mass is 326 g/mol. The molecular weight excluding hydrogens is 308 g/mol. The van der Waals surface area contributed by atoms with Crippen LogP contribution in [0.4, 0.5) is 0 Å². The molecule has 1 fully saturated rings. The number of amides is 1. The summed E-state index contributed by atoms with van der Waals surface area (Å²) in [6.07, 6.45) is 8.66. The molecule has 0 aliphatic heterocycles. The fraction of sp³-hybridized carbons (Fsp3) is 0.571. The smallest absolute Gasteiger partial charge is 0.252 e. The number of hydrogen-bond donors (Lipinski definition) is 2. The van der Waals surface area contributed by atoms with Gasteiger partial charge in [-0.3, -0.25) is 9.78 Å². The van der Waals surface area contributed by atoms with E-state index >= 15 is 0 Å². The molecule has 0 radical (unpaired) electrons. The van der Waals surface area contributed by atoms with Gasteiger partial charge in [-0.2, -0.15) is 0 Å². The maximum absolute atomic E-state index is 12.0. The van der Waals surface area contributed by atoms with Gasteiger partial charge < -0.3 is 10.4 Å². The number of aliphatic hydroxyl groups is 1. The molecule has 1 aliphatic rings. The lowest BCUT2D eigenvalue weighted by molar-refractivity contribution is 0.0718. The molecule has 1 amide bonds. The fourth-order valence-corrected chi connectivity index (χ4v) is 2.96. The van der Waals surface area contributed by atoms with Crippen molar-refractivity contribution in [2.24, 2.45) is 5.41 Å². The van der Waals surface area contributed by atoms with Gasteiger partial charge in [-0.05, 0) is 34.8 Å². The number of hydrogen-bond acceptors (Lipinski definition) is 3. The molecule has 4 nitrogen and oxygen atoms in total. The first-order valence-corrected chi connectivity index (χ1v) is 7.44. The van der Waals surface area contributed by atoms with E-state index in [2.05, 4.69) is 26.2 Å². The van der Waals surface area contributed by atoms with E-state index in [0.29, 0.717) is 12.1 Å². The van der Waals surface area contributed by atoms with Gasteiger partial charge in [0.25, 0.3) is 5.91 Å². The van der Waals surface area contributed by atoms with Gasteiger partial charge in [0.05, 0.1) is 12.2 Å². The zero-order valence-corrected chi connectivity index (χ0v) is 12.4. The highest BCUT2D eigenvalue weighted by Gasteiger charge is 2.31. The third-order valence-corrected chi connectivity index (χ3v) is 4.27. The van der Waals surface area contributed by atoms with Crippen LogP contribution >= 0.6 is 15.9 Å². The Bertz CT molecular complexity index is 445. The average Bonchev–Trinajstić information content (AvgIpc) is 2.46. The number of nitrogens with one attached hydrogen (secondary N) is 1. The van der Waals surface area contributed by atoms with Gasteiger partial charge in [-0.1, -0.05) is 19.3 Å². The molecule has 0 bridgehead atoms. The Hall–Kier alpha value is -0.940. The van der Waals surface area contributed by atoms with Crippen molar-refractivity contribution in [3.8, 4) is 0 Å². The predicted molar refractivity (Wildman–Crippen MR) is 76.9 cm³/mol. The van der Waals surface area contributed by atoms with Crippen LogP contribution in [0, 0.1) is 5.41 Å². The maximum Gasteiger partial charge on any atom is 0.252 e. The number of halogens is 1. The first-order valence-electron chi connectivity index (χ1n) is 6.65. The van der Waals surface area contributed by atoms with Gasteiger partial charge in [-0.15, -0.1) is 0 Å². The van der Waals surface area contributed by atoms with Crippen molar-refractivity contribution < 1.29 is 9.90 Å². The number of carbonyl (C=O) groups is 1. The Morgan fingerprint density at radius 1 is 1.37 bits per heavy atom. The van der Waals surface area contributed by atoms with Crippen LogP contribution in [0.5, 0.6) is 0 Å². The van der Waals surface area contributed by atoms with Crippen LogP contribution < -0.4 is 5.32 Å². The lowest BCUT2D eigenvalue weighted by atomic mass is 9.74. The Labute approximate surface area is 121 Å². The zero-order chi connectivity index (χ0) is 13.7. The lowest BCUT2D eigenvalue weighted by Gasteiger charge is -2.35. The van der Waals surface area contributed by atoms with E-state index in [1.54, 1.807) is 18.5 Å². The number of aliphatic hydroxyl groups excluding tert-OH is 1. The lowest BCUT2D eigenvalue weighted by Crippen LogP contribution is -2.41. The minimum absolute atomic E-state index is 0.132. The summed E-state index contributed by atoms with van der Waals surface area (Å²) in [6.45, 7) is 0.679. The largest absolute Gasteiger partial charge is 0.396 e. The standard InChI is InChI=1S/C14H19BrN2O2/c15-12-6-11(7-16-8-12)13(19)17-9-14(10-18)4-2-1-3-5-14/h6-8,18H,1-5,9-10H2,(H,17,19).